The number of aromatic nitrogens is 3. The van der Waals surface area contributed by atoms with Crippen molar-refractivity contribution in [1.29, 1.82) is 0 Å². The van der Waals surface area contributed by atoms with E-state index >= 15 is 0 Å². The van der Waals surface area contributed by atoms with Crippen molar-refractivity contribution in [2.24, 2.45) is 0 Å². The van der Waals surface area contributed by atoms with Crippen LogP contribution in [-0.4, -0.2) is 54.7 Å². The third-order valence-electron chi connectivity index (χ3n) is 4.07. The third kappa shape index (κ3) is 6.26. The number of fused-ring (bicyclic) bond motifs is 1. The van der Waals surface area contributed by atoms with Gasteiger partial charge in [0, 0.05) is 37.3 Å². The molecule has 13 heteroatoms. The molecule has 0 spiro atoms. The van der Waals surface area contributed by atoms with Gasteiger partial charge in [-0.3, -0.25) is 4.40 Å². The number of halogens is 5. The fourth-order valence-corrected chi connectivity index (χ4v) is 2.78. The standard InChI is InChI=1S/C14H16F2N4O2.C2HF3O2/c15-14(16)4-2-1-3-9(8-14)18-13-19-10(12(21)22)7-11-17-5-6-20(11)13;3-2(4,5)1(6)7/h5-7,9H,1-4,8H2,(H,18,19)(H,21,22);(H,6,7). The van der Waals surface area contributed by atoms with Crippen molar-refractivity contribution < 1.29 is 41.8 Å². The lowest BCUT2D eigenvalue weighted by Gasteiger charge is -2.21. The van der Waals surface area contributed by atoms with Crippen LogP contribution in [0.25, 0.3) is 5.65 Å². The molecule has 1 aliphatic rings. The Hall–Kier alpha value is -2.99. The maximum absolute atomic E-state index is 13.7. The molecule has 29 heavy (non-hydrogen) atoms. The average Bonchev–Trinajstić information content (AvgIpc) is 2.99. The van der Waals surface area contributed by atoms with E-state index in [1.165, 1.54) is 12.3 Å². The molecular weight excluding hydrogens is 407 g/mol. The van der Waals surface area contributed by atoms with Crippen molar-refractivity contribution in [2.75, 3.05) is 5.32 Å². The van der Waals surface area contributed by atoms with E-state index in [0.717, 1.165) is 0 Å². The Labute approximate surface area is 160 Å². The molecular formula is C16H17F5N4O4. The highest BCUT2D eigenvalue weighted by molar-refractivity contribution is 5.87. The first kappa shape index (κ1) is 22.3. The van der Waals surface area contributed by atoms with Crippen molar-refractivity contribution in [3.05, 3.63) is 24.2 Å². The zero-order valence-corrected chi connectivity index (χ0v) is 14.8. The first-order chi connectivity index (χ1) is 13.4. The summed E-state index contributed by atoms with van der Waals surface area (Å²) in [4.78, 5) is 28.1. The lowest BCUT2D eigenvalue weighted by molar-refractivity contribution is -0.192. The van der Waals surface area contributed by atoms with Gasteiger partial charge in [0.2, 0.25) is 11.9 Å². The second-order valence-electron chi connectivity index (χ2n) is 6.38. The summed E-state index contributed by atoms with van der Waals surface area (Å²) in [6.45, 7) is 0. The van der Waals surface area contributed by atoms with Gasteiger partial charge < -0.3 is 15.5 Å². The summed E-state index contributed by atoms with van der Waals surface area (Å²) in [6, 6.07) is 0.898. The Balaban J connectivity index is 0.000000370. The summed E-state index contributed by atoms with van der Waals surface area (Å²) < 4.78 is 60.7. The Morgan fingerprint density at radius 3 is 2.48 bits per heavy atom. The number of carboxylic acids is 2. The van der Waals surface area contributed by atoms with Gasteiger partial charge in [0.15, 0.2) is 5.69 Å². The molecule has 0 radical (unpaired) electrons. The monoisotopic (exact) mass is 424 g/mol. The minimum atomic E-state index is -5.08. The van der Waals surface area contributed by atoms with Gasteiger partial charge in [0.25, 0.3) is 0 Å². The van der Waals surface area contributed by atoms with Crippen LogP contribution in [0.4, 0.5) is 27.9 Å². The minimum absolute atomic E-state index is 0.103. The van der Waals surface area contributed by atoms with Crippen molar-refractivity contribution in [1.82, 2.24) is 14.4 Å². The van der Waals surface area contributed by atoms with E-state index < -0.39 is 30.1 Å². The number of anilines is 1. The van der Waals surface area contributed by atoms with Crippen LogP contribution in [0.5, 0.6) is 0 Å². The first-order valence-corrected chi connectivity index (χ1v) is 8.41. The number of aliphatic carboxylic acids is 1. The van der Waals surface area contributed by atoms with E-state index in [1.54, 1.807) is 10.6 Å². The van der Waals surface area contributed by atoms with Crippen LogP contribution in [0, 0.1) is 0 Å². The highest BCUT2D eigenvalue weighted by atomic mass is 19.4. The van der Waals surface area contributed by atoms with Gasteiger partial charge in [0.05, 0.1) is 0 Å². The molecule has 1 fully saturated rings. The number of carboxylic acid groups (broad SMARTS) is 2. The molecule has 0 bridgehead atoms. The second kappa shape index (κ2) is 8.57. The van der Waals surface area contributed by atoms with Crippen molar-refractivity contribution >= 4 is 23.5 Å². The Bertz CT molecular complexity index is 884. The van der Waals surface area contributed by atoms with Crippen LogP contribution in [0.2, 0.25) is 0 Å². The smallest absolute Gasteiger partial charge is 0.477 e. The quantitative estimate of drug-likeness (QED) is 0.510. The summed E-state index contributed by atoms with van der Waals surface area (Å²) in [5.41, 5.74) is 0.247. The molecule has 3 N–H and O–H groups in total. The predicted molar refractivity (Wildman–Crippen MR) is 89.1 cm³/mol. The zero-order valence-electron chi connectivity index (χ0n) is 14.8. The van der Waals surface area contributed by atoms with Gasteiger partial charge in [-0.05, 0) is 12.8 Å². The summed E-state index contributed by atoms with van der Waals surface area (Å²) in [7, 11) is 0. The number of hydrogen-bond donors (Lipinski definition) is 3. The molecule has 8 nitrogen and oxygen atoms in total. The van der Waals surface area contributed by atoms with Crippen LogP contribution < -0.4 is 5.32 Å². The van der Waals surface area contributed by atoms with Crippen molar-refractivity contribution in [3.63, 3.8) is 0 Å². The molecule has 3 rings (SSSR count). The molecule has 0 saturated heterocycles. The molecule has 0 amide bonds. The number of rotatable bonds is 3. The van der Waals surface area contributed by atoms with Crippen LogP contribution in [-0.2, 0) is 4.79 Å². The number of aromatic carboxylic acids is 1. The normalized spacial score (nSPS) is 19.0. The molecule has 1 unspecified atom stereocenters. The maximum atomic E-state index is 13.7. The molecule has 2 aromatic heterocycles. The van der Waals surface area contributed by atoms with Crippen molar-refractivity contribution in [2.45, 2.75) is 50.2 Å². The van der Waals surface area contributed by atoms with Crippen molar-refractivity contribution in [3.8, 4) is 0 Å². The minimum Gasteiger partial charge on any atom is -0.477 e. The second-order valence-corrected chi connectivity index (χ2v) is 6.38. The molecule has 1 atom stereocenters. The number of alkyl halides is 5. The van der Waals surface area contributed by atoms with E-state index in [2.05, 4.69) is 15.3 Å². The molecule has 0 aliphatic heterocycles. The van der Waals surface area contributed by atoms with E-state index in [1.807, 2.05) is 0 Å². The fraction of sp³-hybridized carbons (Fsp3) is 0.500. The average molecular weight is 424 g/mol. The van der Waals surface area contributed by atoms with E-state index in [0.29, 0.717) is 24.9 Å². The number of imidazole rings is 1. The van der Waals surface area contributed by atoms with Crippen LogP contribution >= 0.6 is 0 Å². The van der Waals surface area contributed by atoms with Gasteiger partial charge >= 0.3 is 18.1 Å². The molecule has 0 aromatic carbocycles. The lowest BCUT2D eigenvalue weighted by atomic mass is 10.1. The van der Waals surface area contributed by atoms with E-state index in [4.69, 9.17) is 15.0 Å². The molecule has 160 valence electrons. The van der Waals surface area contributed by atoms with Gasteiger partial charge in [-0.1, -0.05) is 6.42 Å². The lowest BCUT2D eigenvalue weighted by Crippen LogP contribution is -2.29. The molecule has 1 saturated carbocycles. The van der Waals surface area contributed by atoms with Crippen LogP contribution in [0.3, 0.4) is 0 Å². The summed E-state index contributed by atoms with van der Waals surface area (Å²) in [6.07, 6.45) is -0.533. The zero-order chi connectivity index (χ0) is 21.8. The Morgan fingerprint density at radius 1 is 1.24 bits per heavy atom. The summed E-state index contributed by atoms with van der Waals surface area (Å²) in [5.74, 6) is -6.41. The molecule has 1 aliphatic carbocycles. The number of hydrogen-bond acceptors (Lipinski definition) is 5. The summed E-state index contributed by atoms with van der Waals surface area (Å²) in [5, 5.41) is 19.2. The maximum Gasteiger partial charge on any atom is 0.490 e. The highest BCUT2D eigenvalue weighted by Gasteiger charge is 2.38. The third-order valence-corrected chi connectivity index (χ3v) is 4.07. The SMILES string of the molecule is O=C(O)C(F)(F)F.O=C(O)c1cc2nccn2c(NC2CCCCC(F)(F)C2)n1. The highest BCUT2D eigenvalue weighted by Crippen LogP contribution is 2.33. The van der Waals surface area contributed by atoms with Gasteiger partial charge in [0.1, 0.15) is 5.65 Å². The summed E-state index contributed by atoms with van der Waals surface area (Å²) >= 11 is 0. The first-order valence-electron chi connectivity index (χ1n) is 8.41. The Morgan fingerprint density at radius 2 is 1.90 bits per heavy atom. The fourth-order valence-electron chi connectivity index (χ4n) is 2.78. The number of carbonyl (C=O) groups is 2. The molecule has 2 aromatic rings. The molecule has 2 heterocycles. The van der Waals surface area contributed by atoms with Crippen LogP contribution in [0.15, 0.2) is 18.5 Å². The van der Waals surface area contributed by atoms with Gasteiger partial charge in [-0.25, -0.2) is 28.3 Å². The van der Waals surface area contributed by atoms with E-state index in [-0.39, 0.29) is 24.5 Å². The predicted octanol–water partition coefficient (Wildman–Crippen LogP) is 3.44. The van der Waals surface area contributed by atoms with Gasteiger partial charge in [-0.15, -0.1) is 0 Å². The van der Waals surface area contributed by atoms with Gasteiger partial charge in [-0.2, -0.15) is 13.2 Å². The topological polar surface area (TPSA) is 117 Å². The number of nitrogens with one attached hydrogen (secondary N) is 1. The number of nitrogens with zero attached hydrogens (tertiary/aromatic N) is 3. The Kier molecular flexibility index (Phi) is 6.59. The van der Waals surface area contributed by atoms with Crippen LogP contribution in [0.1, 0.15) is 42.6 Å². The van der Waals surface area contributed by atoms with E-state index in [9.17, 15) is 26.7 Å². The largest absolute Gasteiger partial charge is 0.490 e.